The molecule has 0 aromatic heterocycles. The van der Waals surface area contributed by atoms with E-state index in [1.807, 2.05) is 30.3 Å². The maximum Gasteiger partial charge on any atom is 0.167 e. The molecule has 1 aliphatic carbocycles. The molecule has 0 N–H and O–H groups in total. The number of benzene rings is 2. The number of fused-ring (bicyclic) bond motifs is 1. The number of carbonyl (C=O) groups excluding carboxylic acids is 1. The predicted octanol–water partition coefficient (Wildman–Crippen LogP) is 4.15. The van der Waals surface area contributed by atoms with Crippen molar-refractivity contribution in [2.45, 2.75) is 25.7 Å². The molecule has 3 nitrogen and oxygen atoms in total. The summed E-state index contributed by atoms with van der Waals surface area (Å²) >= 11 is 0. The lowest BCUT2D eigenvalue weighted by Crippen LogP contribution is -2.39. The number of hydrogen-bond donors (Lipinski definition) is 0. The second-order valence-electron chi connectivity index (χ2n) is 7.30. The monoisotopic (exact) mass is 323 g/mol. The minimum absolute atomic E-state index is 0.153. The summed E-state index contributed by atoms with van der Waals surface area (Å²) < 4.78 is 5.41. The molecule has 126 valence electrons. The Morgan fingerprint density at radius 2 is 2.08 bits per heavy atom. The molecule has 3 heteroatoms. The molecule has 0 radical (unpaired) electrons. The smallest absolute Gasteiger partial charge is 0.167 e. The second kappa shape index (κ2) is 6.56. The van der Waals surface area contributed by atoms with Gasteiger partial charge in [-0.05, 0) is 61.7 Å². The molecule has 1 unspecified atom stereocenters. The molecule has 1 heterocycles. The van der Waals surface area contributed by atoms with Crippen LogP contribution in [0.15, 0.2) is 36.4 Å². The van der Waals surface area contributed by atoms with Crippen LogP contribution in [-0.4, -0.2) is 37.4 Å². The van der Waals surface area contributed by atoms with E-state index in [2.05, 4.69) is 11.0 Å². The van der Waals surface area contributed by atoms with Gasteiger partial charge in [0.15, 0.2) is 5.78 Å². The van der Waals surface area contributed by atoms with Gasteiger partial charge in [0.25, 0.3) is 0 Å². The Kier molecular flexibility index (Phi) is 4.28. The maximum atomic E-state index is 13.0. The van der Waals surface area contributed by atoms with Crippen molar-refractivity contribution in [1.29, 1.82) is 0 Å². The summed E-state index contributed by atoms with van der Waals surface area (Å²) in [7, 11) is 1.68. The van der Waals surface area contributed by atoms with Gasteiger partial charge in [-0.3, -0.25) is 4.79 Å². The fourth-order valence-electron chi connectivity index (χ4n) is 3.92. The van der Waals surface area contributed by atoms with E-state index >= 15 is 0 Å². The largest absolute Gasteiger partial charge is 0.496 e. The van der Waals surface area contributed by atoms with E-state index in [-0.39, 0.29) is 5.92 Å². The van der Waals surface area contributed by atoms with Crippen LogP contribution in [0.3, 0.4) is 0 Å². The number of ketones is 1. The summed E-state index contributed by atoms with van der Waals surface area (Å²) in [6.45, 7) is 3.29. The van der Waals surface area contributed by atoms with Gasteiger partial charge in [-0.2, -0.15) is 0 Å². The Hall–Kier alpha value is -1.87. The van der Waals surface area contributed by atoms with Crippen LogP contribution in [0, 0.1) is 11.8 Å². The fourth-order valence-corrected chi connectivity index (χ4v) is 3.92. The van der Waals surface area contributed by atoms with E-state index in [1.165, 1.54) is 19.4 Å². The van der Waals surface area contributed by atoms with Crippen molar-refractivity contribution in [3.63, 3.8) is 0 Å². The van der Waals surface area contributed by atoms with E-state index in [4.69, 9.17) is 4.74 Å². The lowest BCUT2D eigenvalue weighted by Gasteiger charge is -2.32. The topological polar surface area (TPSA) is 29.5 Å². The highest BCUT2D eigenvalue weighted by molar-refractivity contribution is 6.02. The number of rotatable bonds is 5. The molecule has 0 spiro atoms. The number of likely N-dealkylation sites (tertiary alicyclic amines) is 1. The third kappa shape index (κ3) is 3.18. The van der Waals surface area contributed by atoms with Gasteiger partial charge in [0.1, 0.15) is 5.75 Å². The summed E-state index contributed by atoms with van der Waals surface area (Å²) in [6.07, 6.45) is 4.92. The predicted molar refractivity (Wildman–Crippen MR) is 96.7 cm³/mol. The minimum Gasteiger partial charge on any atom is -0.496 e. The fraction of sp³-hybridized carbons (Fsp3) is 0.476. The molecule has 2 aromatic rings. The summed E-state index contributed by atoms with van der Waals surface area (Å²) in [5.74, 6) is 2.22. The number of hydrogen-bond acceptors (Lipinski definition) is 3. The van der Waals surface area contributed by atoms with Crippen molar-refractivity contribution >= 4 is 16.6 Å². The molecule has 2 aliphatic rings. The van der Waals surface area contributed by atoms with E-state index in [1.54, 1.807) is 7.11 Å². The summed E-state index contributed by atoms with van der Waals surface area (Å²) in [5, 5.41) is 2.14. The van der Waals surface area contributed by atoms with Crippen LogP contribution >= 0.6 is 0 Å². The standard InChI is InChI=1S/C21H25NO2/c1-24-20-6-2-4-16-12-17(9-10-19(16)20)21(23)18-5-3-11-22(14-18)13-15-7-8-15/h2,4,6,9-10,12,15,18H,3,5,7-8,11,13-14H2,1H3. The number of ether oxygens (including phenoxy) is 1. The van der Waals surface area contributed by atoms with Crippen LogP contribution in [0.25, 0.3) is 10.8 Å². The molecule has 1 atom stereocenters. The molecule has 24 heavy (non-hydrogen) atoms. The third-order valence-corrected chi connectivity index (χ3v) is 5.43. The molecule has 1 saturated carbocycles. The van der Waals surface area contributed by atoms with Crippen LogP contribution < -0.4 is 4.74 Å². The van der Waals surface area contributed by atoms with Gasteiger partial charge in [0, 0.05) is 30.0 Å². The Labute approximate surface area is 143 Å². The first kappa shape index (κ1) is 15.6. The van der Waals surface area contributed by atoms with Crippen molar-refractivity contribution < 1.29 is 9.53 Å². The van der Waals surface area contributed by atoms with Crippen LogP contribution in [0.5, 0.6) is 5.75 Å². The lowest BCUT2D eigenvalue weighted by molar-refractivity contribution is 0.0815. The van der Waals surface area contributed by atoms with Crippen LogP contribution in [0.4, 0.5) is 0 Å². The molecule has 0 bridgehead atoms. The molecule has 0 amide bonds. The summed E-state index contributed by atoms with van der Waals surface area (Å²) in [6, 6.07) is 12.0. The van der Waals surface area contributed by atoms with Gasteiger partial charge >= 0.3 is 0 Å². The number of piperidine rings is 1. The number of methoxy groups -OCH3 is 1. The number of Topliss-reactive ketones (excluding diaryl/α,β-unsaturated/α-hetero) is 1. The molecular weight excluding hydrogens is 298 g/mol. The van der Waals surface area contributed by atoms with Crippen LogP contribution in [0.1, 0.15) is 36.0 Å². The molecule has 1 saturated heterocycles. The van der Waals surface area contributed by atoms with Crippen molar-refractivity contribution in [3.05, 3.63) is 42.0 Å². The third-order valence-electron chi connectivity index (χ3n) is 5.43. The average Bonchev–Trinajstić information content (AvgIpc) is 3.44. The van der Waals surface area contributed by atoms with E-state index in [9.17, 15) is 4.79 Å². The quantitative estimate of drug-likeness (QED) is 0.774. The molecule has 1 aliphatic heterocycles. The van der Waals surface area contributed by atoms with Crippen LogP contribution in [0.2, 0.25) is 0 Å². The van der Waals surface area contributed by atoms with Crippen molar-refractivity contribution in [2.24, 2.45) is 11.8 Å². The van der Waals surface area contributed by atoms with Crippen molar-refractivity contribution in [3.8, 4) is 5.75 Å². The van der Waals surface area contributed by atoms with Gasteiger partial charge in [-0.1, -0.05) is 18.2 Å². The first-order valence-electron chi connectivity index (χ1n) is 9.08. The number of nitrogens with zero attached hydrogens (tertiary/aromatic N) is 1. The normalized spacial score (nSPS) is 21.8. The van der Waals surface area contributed by atoms with Gasteiger partial charge in [0.2, 0.25) is 0 Å². The minimum atomic E-state index is 0.153. The maximum absolute atomic E-state index is 13.0. The first-order valence-corrected chi connectivity index (χ1v) is 9.08. The zero-order chi connectivity index (χ0) is 16.5. The van der Waals surface area contributed by atoms with Gasteiger partial charge in [-0.15, -0.1) is 0 Å². The van der Waals surface area contributed by atoms with Crippen molar-refractivity contribution in [2.75, 3.05) is 26.7 Å². The van der Waals surface area contributed by atoms with E-state index in [0.717, 1.165) is 53.9 Å². The van der Waals surface area contributed by atoms with E-state index < -0.39 is 0 Å². The van der Waals surface area contributed by atoms with Gasteiger partial charge in [0.05, 0.1) is 7.11 Å². The van der Waals surface area contributed by atoms with E-state index in [0.29, 0.717) is 5.78 Å². The molecule has 4 rings (SSSR count). The molecule has 2 aromatic carbocycles. The summed E-state index contributed by atoms with van der Waals surface area (Å²) in [5.41, 5.74) is 0.842. The highest BCUT2D eigenvalue weighted by Crippen LogP contribution is 2.32. The number of carbonyl (C=O) groups is 1. The van der Waals surface area contributed by atoms with Crippen LogP contribution in [-0.2, 0) is 0 Å². The molecule has 2 fully saturated rings. The van der Waals surface area contributed by atoms with Gasteiger partial charge in [-0.25, -0.2) is 0 Å². The zero-order valence-electron chi connectivity index (χ0n) is 14.3. The Bertz CT molecular complexity index is 751. The second-order valence-corrected chi connectivity index (χ2v) is 7.30. The Morgan fingerprint density at radius 1 is 1.21 bits per heavy atom. The Morgan fingerprint density at radius 3 is 2.88 bits per heavy atom. The zero-order valence-corrected chi connectivity index (χ0v) is 14.3. The highest BCUT2D eigenvalue weighted by atomic mass is 16.5. The first-order chi connectivity index (χ1) is 11.7. The molecular formula is C21H25NO2. The average molecular weight is 323 g/mol. The van der Waals surface area contributed by atoms with Gasteiger partial charge < -0.3 is 9.64 Å². The van der Waals surface area contributed by atoms with Crippen molar-refractivity contribution in [1.82, 2.24) is 4.90 Å². The SMILES string of the molecule is COc1cccc2cc(C(=O)C3CCCN(CC4CC4)C3)ccc12. The summed E-state index contributed by atoms with van der Waals surface area (Å²) in [4.78, 5) is 15.5. The highest BCUT2D eigenvalue weighted by Gasteiger charge is 2.30. The lowest BCUT2D eigenvalue weighted by atomic mass is 9.89. The Balaban J connectivity index is 1.53.